The third-order valence-electron chi connectivity index (χ3n) is 1.97. The average Bonchev–Trinajstić information content (AvgIpc) is 2.20. The Morgan fingerprint density at radius 3 is 1.87 bits per heavy atom. The molecule has 0 unspecified atom stereocenters. The highest BCUT2D eigenvalue weighted by Gasteiger charge is 2.04. The summed E-state index contributed by atoms with van der Waals surface area (Å²) in [5.74, 6) is 0. The van der Waals surface area contributed by atoms with Crippen molar-refractivity contribution in [1.29, 1.82) is 0 Å². The summed E-state index contributed by atoms with van der Waals surface area (Å²) >= 11 is 0. The Morgan fingerprint density at radius 2 is 1.33 bits per heavy atom. The molecule has 0 spiro atoms. The second-order valence-corrected chi connectivity index (χ2v) is 3.00. The van der Waals surface area contributed by atoms with Crippen molar-refractivity contribution in [2.24, 2.45) is 7.05 Å². The zero-order chi connectivity index (χ0) is 9.10. The fourth-order valence-electron chi connectivity index (χ4n) is 1.24. The van der Waals surface area contributed by atoms with Gasteiger partial charge < -0.3 is 0 Å². The van der Waals surface area contributed by atoms with E-state index in [0.29, 0.717) is 0 Å². The first-order chi connectivity index (χ1) is 6.36. The predicted octanol–water partition coefficient (Wildman–Crippen LogP) is 2.02. The van der Waals surface area contributed by atoms with Gasteiger partial charge in [-0.3, -0.25) is 0 Å². The van der Waals surface area contributed by atoms with Crippen LogP contribution in [0.25, 0.3) is 5.69 Å². The fraction of sp³-hybridized carbons (Fsp3) is 0.0909. The van der Waals surface area contributed by atoms with Crippen molar-refractivity contribution in [2.75, 3.05) is 0 Å². The Morgan fingerprint density at radius 1 is 0.800 bits per heavy atom. The zero-order valence-electron chi connectivity index (χ0n) is 8.41. The maximum absolute atomic E-state index is 2.08. The van der Waals surface area contributed by atoms with Crippen molar-refractivity contribution in [3.8, 4) is 5.69 Å². The van der Waals surface area contributed by atoms with Crippen molar-refractivity contribution in [3.63, 3.8) is 0 Å². The van der Waals surface area contributed by atoms with Gasteiger partial charge in [-0.15, -0.1) is 48.0 Å². The molecule has 2 heterocycles. The van der Waals surface area contributed by atoms with E-state index in [1.165, 1.54) is 5.69 Å². The zero-order valence-corrected chi connectivity index (χ0v) is 13.1. The molecule has 2 aromatic heterocycles. The molecule has 0 amide bonds. The van der Waals surface area contributed by atoms with E-state index in [2.05, 4.69) is 16.7 Å². The van der Waals surface area contributed by atoms with Crippen LogP contribution in [0.3, 0.4) is 0 Å². The molecular formula is C11H14I2N2+2. The van der Waals surface area contributed by atoms with Gasteiger partial charge in [-0.1, -0.05) is 6.07 Å². The van der Waals surface area contributed by atoms with Crippen LogP contribution in [0.4, 0.5) is 0 Å². The van der Waals surface area contributed by atoms with Crippen molar-refractivity contribution in [3.05, 3.63) is 55.1 Å². The normalized spacial score (nSPS) is 8.60. The van der Waals surface area contributed by atoms with Crippen LogP contribution >= 0.6 is 48.0 Å². The minimum Gasteiger partial charge on any atom is -0.207 e. The van der Waals surface area contributed by atoms with Crippen LogP contribution in [0, 0.1) is 0 Å². The molecule has 15 heavy (non-hydrogen) atoms. The summed E-state index contributed by atoms with van der Waals surface area (Å²) in [6, 6.07) is 10.2. The molecular weight excluding hydrogens is 414 g/mol. The first kappa shape index (κ1) is 14.8. The summed E-state index contributed by atoms with van der Waals surface area (Å²) in [4.78, 5) is 0. The van der Waals surface area contributed by atoms with Crippen LogP contribution in [0.2, 0.25) is 0 Å². The van der Waals surface area contributed by atoms with Crippen molar-refractivity contribution >= 4 is 48.0 Å². The van der Waals surface area contributed by atoms with Crippen LogP contribution < -0.4 is 9.13 Å². The Bertz CT molecular complexity index is 387. The van der Waals surface area contributed by atoms with E-state index in [4.69, 9.17) is 0 Å². The molecule has 0 bridgehead atoms. The van der Waals surface area contributed by atoms with Crippen LogP contribution in [0.15, 0.2) is 55.1 Å². The van der Waals surface area contributed by atoms with E-state index in [1.807, 2.05) is 54.6 Å². The van der Waals surface area contributed by atoms with E-state index in [9.17, 15) is 0 Å². The molecule has 4 heteroatoms. The SMILES string of the molecule is C[n+]1ccc(-[n+]2ccccc2)cc1.I.I. The van der Waals surface area contributed by atoms with E-state index in [0.717, 1.165) is 0 Å². The standard InChI is InChI=1S/C11H12N2.2HI/c1-12-9-5-11(6-10-12)13-7-3-2-4-8-13;;/h2-10H,1H3;2*1H/q+2;;. The molecule has 2 aromatic rings. The molecule has 2 nitrogen and oxygen atoms in total. The van der Waals surface area contributed by atoms with Crippen LogP contribution in [0.5, 0.6) is 0 Å². The lowest BCUT2D eigenvalue weighted by molar-refractivity contribution is -0.673. The first-order valence-corrected chi connectivity index (χ1v) is 4.28. The summed E-state index contributed by atoms with van der Waals surface area (Å²) in [5.41, 5.74) is 1.18. The van der Waals surface area contributed by atoms with Gasteiger partial charge in [0, 0.05) is 12.1 Å². The highest BCUT2D eigenvalue weighted by atomic mass is 127. The first-order valence-electron chi connectivity index (χ1n) is 4.28. The van der Waals surface area contributed by atoms with E-state index in [1.54, 1.807) is 0 Å². The van der Waals surface area contributed by atoms with Crippen molar-refractivity contribution in [1.82, 2.24) is 0 Å². The minimum absolute atomic E-state index is 0. The third kappa shape index (κ3) is 4.02. The maximum atomic E-state index is 2.08. The molecule has 0 aromatic carbocycles. The number of halogens is 2. The van der Waals surface area contributed by atoms with Crippen LogP contribution in [-0.2, 0) is 7.05 Å². The van der Waals surface area contributed by atoms with Crippen LogP contribution in [-0.4, -0.2) is 0 Å². The Kier molecular flexibility index (Phi) is 6.99. The molecule has 0 saturated heterocycles. The van der Waals surface area contributed by atoms with Gasteiger partial charge in [-0.05, 0) is 0 Å². The molecule has 0 aliphatic heterocycles. The second kappa shape index (κ2) is 7.10. The molecule has 80 valence electrons. The monoisotopic (exact) mass is 428 g/mol. The van der Waals surface area contributed by atoms with E-state index >= 15 is 0 Å². The third-order valence-corrected chi connectivity index (χ3v) is 1.97. The van der Waals surface area contributed by atoms with Gasteiger partial charge in [-0.25, -0.2) is 4.57 Å². The van der Waals surface area contributed by atoms with Crippen LogP contribution in [0.1, 0.15) is 0 Å². The topological polar surface area (TPSA) is 7.76 Å². The highest BCUT2D eigenvalue weighted by Crippen LogP contribution is 1.92. The molecule has 0 atom stereocenters. The Balaban J connectivity index is 0.000000980. The second-order valence-electron chi connectivity index (χ2n) is 3.00. The largest absolute Gasteiger partial charge is 0.222 e. The number of rotatable bonds is 1. The van der Waals surface area contributed by atoms with E-state index in [-0.39, 0.29) is 48.0 Å². The molecule has 0 saturated carbocycles. The minimum atomic E-state index is 0. The highest BCUT2D eigenvalue weighted by molar-refractivity contribution is 14.0. The summed E-state index contributed by atoms with van der Waals surface area (Å²) in [6.07, 6.45) is 8.15. The van der Waals surface area contributed by atoms with Gasteiger partial charge in [0.1, 0.15) is 7.05 Å². The lowest BCUT2D eigenvalue weighted by atomic mass is 10.4. The Labute approximate surface area is 124 Å². The lowest BCUT2D eigenvalue weighted by Crippen LogP contribution is -2.32. The van der Waals surface area contributed by atoms with Gasteiger partial charge in [0.25, 0.3) is 0 Å². The molecule has 0 radical (unpaired) electrons. The summed E-state index contributed by atoms with van der Waals surface area (Å²) in [6.45, 7) is 0. The van der Waals surface area contributed by atoms with Gasteiger partial charge in [0.05, 0.1) is 12.1 Å². The smallest absolute Gasteiger partial charge is 0.207 e. The van der Waals surface area contributed by atoms with Gasteiger partial charge in [0.15, 0.2) is 24.8 Å². The number of aromatic nitrogens is 2. The number of hydrogen-bond acceptors (Lipinski definition) is 0. The summed E-state index contributed by atoms with van der Waals surface area (Å²) < 4.78 is 4.10. The quantitative estimate of drug-likeness (QED) is 0.486. The average molecular weight is 428 g/mol. The fourth-order valence-corrected chi connectivity index (χ4v) is 1.24. The molecule has 0 aliphatic rings. The number of nitrogens with zero attached hydrogens (tertiary/aromatic N) is 2. The maximum Gasteiger partial charge on any atom is 0.222 e. The molecule has 0 fully saturated rings. The molecule has 0 aliphatic carbocycles. The number of aryl methyl sites for hydroxylation is 1. The lowest BCUT2D eigenvalue weighted by Gasteiger charge is -1.92. The van der Waals surface area contributed by atoms with Gasteiger partial charge in [-0.2, -0.15) is 4.57 Å². The van der Waals surface area contributed by atoms with Crippen molar-refractivity contribution in [2.45, 2.75) is 0 Å². The van der Waals surface area contributed by atoms with E-state index < -0.39 is 0 Å². The van der Waals surface area contributed by atoms with Gasteiger partial charge >= 0.3 is 0 Å². The van der Waals surface area contributed by atoms with Crippen molar-refractivity contribution < 1.29 is 9.13 Å². The molecule has 0 N–H and O–H groups in total. The summed E-state index contributed by atoms with van der Waals surface area (Å²) in [5, 5.41) is 0. The predicted molar refractivity (Wildman–Crippen MR) is 80.0 cm³/mol. The summed E-state index contributed by atoms with van der Waals surface area (Å²) in [7, 11) is 2.01. The number of hydrogen-bond donors (Lipinski definition) is 0. The molecule has 2 rings (SSSR count). The number of pyridine rings is 2. The van der Waals surface area contributed by atoms with Gasteiger partial charge in [0.2, 0.25) is 5.69 Å². The Hall–Kier alpha value is -0.240.